The molecule has 3 aromatic heterocycles. The summed E-state index contributed by atoms with van der Waals surface area (Å²) in [5.41, 5.74) is 5.45. The Morgan fingerprint density at radius 1 is 1.12 bits per heavy atom. The van der Waals surface area contributed by atoms with Gasteiger partial charge in [0.05, 0.1) is 35.7 Å². The van der Waals surface area contributed by atoms with Crippen molar-refractivity contribution in [3.63, 3.8) is 0 Å². The van der Waals surface area contributed by atoms with Crippen LogP contribution in [0.1, 0.15) is 23.6 Å². The van der Waals surface area contributed by atoms with E-state index in [1.54, 1.807) is 43.5 Å². The molecule has 0 radical (unpaired) electrons. The molecule has 4 heterocycles. The number of pyridine rings is 1. The lowest BCUT2D eigenvalue weighted by Gasteiger charge is -2.35. The largest absolute Gasteiger partial charge is 0.362 e. The van der Waals surface area contributed by atoms with Crippen LogP contribution in [0, 0.1) is 12.7 Å². The molecule has 1 aliphatic rings. The van der Waals surface area contributed by atoms with Crippen molar-refractivity contribution in [3.05, 3.63) is 95.8 Å². The zero-order valence-corrected chi connectivity index (χ0v) is 23.7. The first kappa shape index (κ1) is 27.7. The van der Waals surface area contributed by atoms with E-state index in [2.05, 4.69) is 41.6 Å². The van der Waals surface area contributed by atoms with Gasteiger partial charge in [-0.25, -0.2) is 4.39 Å². The fourth-order valence-corrected chi connectivity index (χ4v) is 5.02. The van der Waals surface area contributed by atoms with Crippen molar-refractivity contribution in [2.75, 3.05) is 7.05 Å². The molecule has 43 heavy (non-hydrogen) atoms. The monoisotopic (exact) mass is 580 g/mol. The number of nitrogens with one attached hydrogen (secondary N) is 4. The summed E-state index contributed by atoms with van der Waals surface area (Å²) in [7, 11) is 1.68. The first-order valence-corrected chi connectivity index (χ1v) is 13.6. The smallest absolute Gasteiger partial charge is 0.270 e. The highest BCUT2D eigenvalue weighted by atomic mass is 19.1. The molecule has 1 aliphatic heterocycles. The number of carbonyl (C=O) groups excluding carboxylic acids is 2. The van der Waals surface area contributed by atoms with E-state index in [0.717, 1.165) is 38.8 Å². The van der Waals surface area contributed by atoms with Gasteiger partial charge in [0.2, 0.25) is 11.7 Å². The van der Waals surface area contributed by atoms with Crippen LogP contribution in [-0.4, -0.2) is 66.1 Å². The molecule has 2 amide bonds. The normalized spacial score (nSPS) is 15.7. The maximum absolute atomic E-state index is 13.9. The van der Waals surface area contributed by atoms with Crippen LogP contribution in [0.4, 0.5) is 4.39 Å². The summed E-state index contributed by atoms with van der Waals surface area (Å²) in [5, 5.41) is 23.6. The van der Waals surface area contributed by atoms with Gasteiger partial charge >= 0.3 is 0 Å². The number of H-pyrrole nitrogens is 1. The van der Waals surface area contributed by atoms with Crippen LogP contribution in [0.15, 0.2) is 73.3 Å². The van der Waals surface area contributed by atoms with Crippen LogP contribution < -0.4 is 16.0 Å². The number of fused-ring (bicyclic) bond motifs is 1. The number of aromatic amines is 1. The SMILES string of the molecule is CNC(C)C(=O)NC1NC=C(c2ccc(-c3nn[nH]n3)cc2)N(Cc2cncc(-n3cc(C)c4cc(F)ccc43)c2)C1=O. The molecule has 2 aromatic carbocycles. The van der Waals surface area contributed by atoms with E-state index < -0.39 is 12.2 Å². The van der Waals surface area contributed by atoms with Crippen molar-refractivity contribution in [2.24, 2.45) is 0 Å². The van der Waals surface area contributed by atoms with Gasteiger partial charge in [0.25, 0.3) is 5.91 Å². The zero-order chi connectivity index (χ0) is 30.1. The number of carbonyl (C=O) groups is 2. The summed E-state index contributed by atoms with van der Waals surface area (Å²) >= 11 is 0. The third-order valence-electron chi connectivity index (χ3n) is 7.45. The highest BCUT2D eigenvalue weighted by molar-refractivity contribution is 5.95. The number of aromatic nitrogens is 6. The summed E-state index contributed by atoms with van der Waals surface area (Å²) in [6, 6.07) is 13.6. The third kappa shape index (κ3) is 5.45. The Kier molecular flexibility index (Phi) is 7.38. The second kappa shape index (κ2) is 11.4. The van der Waals surface area contributed by atoms with Crippen molar-refractivity contribution in [3.8, 4) is 17.1 Å². The van der Waals surface area contributed by atoms with E-state index in [4.69, 9.17) is 0 Å². The standard InChI is InChI=1S/C30H29FN10O2/c1-17-15-40(25-9-8-22(31)11-24(17)25)23-10-19(12-33-13-23)16-41-26(14-34-28(30(41)43)35-29(42)18(2)32-3)20-4-6-21(7-5-20)27-36-38-39-37-27/h4-15,18,28,32,34H,16H2,1-3H3,(H,35,42)(H,36,37,38,39). The molecule has 4 N–H and O–H groups in total. The molecule has 2 atom stereocenters. The van der Waals surface area contributed by atoms with Gasteiger partial charge in [-0.1, -0.05) is 24.3 Å². The lowest BCUT2D eigenvalue weighted by atomic mass is 10.1. The van der Waals surface area contributed by atoms with Crippen LogP contribution in [-0.2, 0) is 16.1 Å². The molecular weight excluding hydrogens is 551 g/mol. The van der Waals surface area contributed by atoms with Gasteiger partial charge in [-0.15, -0.1) is 10.2 Å². The summed E-state index contributed by atoms with van der Waals surface area (Å²) < 4.78 is 15.9. The van der Waals surface area contributed by atoms with Crippen molar-refractivity contribution in [2.45, 2.75) is 32.6 Å². The Hall–Kier alpha value is -5.43. The maximum Gasteiger partial charge on any atom is 0.270 e. The third-order valence-corrected chi connectivity index (χ3v) is 7.45. The summed E-state index contributed by atoms with van der Waals surface area (Å²) in [4.78, 5) is 32.6. The van der Waals surface area contributed by atoms with Gasteiger partial charge in [0.1, 0.15) is 5.82 Å². The van der Waals surface area contributed by atoms with E-state index in [0.29, 0.717) is 11.5 Å². The van der Waals surface area contributed by atoms with Crippen molar-refractivity contribution in [1.29, 1.82) is 0 Å². The van der Waals surface area contributed by atoms with Crippen LogP contribution >= 0.6 is 0 Å². The number of rotatable bonds is 8. The summed E-state index contributed by atoms with van der Waals surface area (Å²) in [6.07, 6.45) is 6.11. The second-order valence-corrected chi connectivity index (χ2v) is 10.3. The fraction of sp³-hybridized carbons (Fsp3) is 0.200. The first-order chi connectivity index (χ1) is 20.8. The summed E-state index contributed by atoms with van der Waals surface area (Å²) in [6.45, 7) is 3.82. The molecule has 5 aromatic rings. The molecule has 2 unspecified atom stereocenters. The minimum Gasteiger partial charge on any atom is -0.362 e. The van der Waals surface area contributed by atoms with Crippen LogP contribution in [0.3, 0.4) is 0 Å². The Morgan fingerprint density at radius 3 is 2.65 bits per heavy atom. The van der Waals surface area contributed by atoms with Gasteiger partial charge in [-0.2, -0.15) is 5.21 Å². The minimum absolute atomic E-state index is 0.181. The molecule has 0 saturated carbocycles. The maximum atomic E-state index is 13.9. The second-order valence-electron chi connectivity index (χ2n) is 10.3. The van der Waals surface area contributed by atoms with Crippen LogP contribution in [0.2, 0.25) is 0 Å². The molecule has 0 bridgehead atoms. The van der Waals surface area contributed by atoms with Crippen LogP contribution in [0.25, 0.3) is 33.7 Å². The van der Waals surface area contributed by atoms with E-state index in [-0.39, 0.29) is 24.2 Å². The van der Waals surface area contributed by atoms with Crippen LogP contribution in [0.5, 0.6) is 0 Å². The number of amides is 2. The van der Waals surface area contributed by atoms with E-state index in [9.17, 15) is 14.0 Å². The predicted octanol–water partition coefficient (Wildman–Crippen LogP) is 2.63. The Bertz CT molecular complexity index is 1830. The molecular formula is C30H29FN10O2. The number of tetrazole rings is 1. The lowest BCUT2D eigenvalue weighted by molar-refractivity contribution is -0.135. The zero-order valence-electron chi connectivity index (χ0n) is 23.7. The molecule has 218 valence electrons. The number of benzene rings is 2. The molecule has 0 fully saturated rings. The van der Waals surface area contributed by atoms with Crippen molar-refractivity contribution >= 4 is 28.4 Å². The number of halogens is 1. The highest BCUT2D eigenvalue weighted by Crippen LogP contribution is 2.29. The van der Waals surface area contributed by atoms with Crippen molar-refractivity contribution in [1.82, 2.24) is 51.0 Å². The van der Waals surface area contributed by atoms with Gasteiger partial charge < -0.3 is 25.4 Å². The fourth-order valence-electron chi connectivity index (χ4n) is 5.02. The predicted molar refractivity (Wildman–Crippen MR) is 157 cm³/mol. The van der Waals surface area contributed by atoms with Gasteiger partial charge in [0, 0.05) is 29.5 Å². The Morgan fingerprint density at radius 2 is 1.91 bits per heavy atom. The van der Waals surface area contributed by atoms with E-state index in [1.165, 1.54) is 12.1 Å². The molecule has 0 saturated heterocycles. The van der Waals surface area contributed by atoms with E-state index >= 15 is 0 Å². The number of likely N-dealkylation sites (N-methyl/N-ethyl adjacent to an activating group) is 1. The number of hydrogen-bond acceptors (Lipinski definition) is 8. The van der Waals surface area contributed by atoms with Gasteiger partial charge in [-0.05, 0) is 67.1 Å². The molecule has 6 rings (SSSR count). The molecule has 0 aliphatic carbocycles. The Balaban J connectivity index is 1.34. The van der Waals surface area contributed by atoms with Crippen molar-refractivity contribution < 1.29 is 14.0 Å². The Labute approximate surface area is 246 Å². The quantitative estimate of drug-likeness (QED) is 0.219. The number of hydrogen-bond donors (Lipinski definition) is 4. The summed E-state index contributed by atoms with van der Waals surface area (Å²) in [5.74, 6) is -0.494. The lowest BCUT2D eigenvalue weighted by Crippen LogP contribution is -2.59. The van der Waals surface area contributed by atoms with Gasteiger partial charge in [-0.3, -0.25) is 14.6 Å². The number of nitrogens with zero attached hydrogens (tertiary/aromatic N) is 6. The minimum atomic E-state index is -0.965. The van der Waals surface area contributed by atoms with E-state index in [1.807, 2.05) is 48.0 Å². The average Bonchev–Trinajstić information content (AvgIpc) is 3.67. The molecule has 13 heteroatoms. The topological polar surface area (TPSA) is 146 Å². The average molecular weight is 581 g/mol. The first-order valence-electron chi connectivity index (χ1n) is 13.6. The molecule has 12 nitrogen and oxygen atoms in total. The number of aryl methyl sites for hydroxylation is 1. The molecule has 0 spiro atoms. The van der Waals surface area contributed by atoms with Gasteiger partial charge in [0.15, 0.2) is 6.17 Å². The highest BCUT2D eigenvalue weighted by Gasteiger charge is 2.33.